The van der Waals surface area contributed by atoms with E-state index in [1.54, 1.807) is 0 Å². The first kappa shape index (κ1) is 16.6. The van der Waals surface area contributed by atoms with Crippen LogP contribution in [0, 0.1) is 11.3 Å². The molecule has 1 aliphatic heterocycles. The van der Waals surface area contributed by atoms with Crippen molar-refractivity contribution >= 4 is 17.2 Å². The fraction of sp³-hybridized carbons (Fsp3) is 0.429. The molecule has 0 radical (unpaired) electrons. The number of nitriles is 1. The second kappa shape index (κ2) is 6.70. The molecule has 3 rings (SSSR count). The highest BCUT2D eigenvalue weighted by Crippen LogP contribution is 2.30. The molecule has 1 aliphatic rings. The van der Waals surface area contributed by atoms with Crippen molar-refractivity contribution in [1.82, 2.24) is 19.9 Å². The summed E-state index contributed by atoms with van der Waals surface area (Å²) in [6.45, 7) is 2.96. The highest BCUT2D eigenvalue weighted by atomic mass is 32.1. The first-order valence-corrected chi connectivity index (χ1v) is 8.05. The van der Waals surface area contributed by atoms with Crippen molar-refractivity contribution in [2.45, 2.75) is 12.7 Å². The quantitative estimate of drug-likeness (QED) is 0.841. The van der Waals surface area contributed by atoms with Gasteiger partial charge >= 0.3 is 6.18 Å². The summed E-state index contributed by atoms with van der Waals surface area (Å²) in [5.74, 6) is 0.549. The number of hydrogen-bond acceptors (Lipinski definition) is 7. The summed E-state index contributed by atoms with van der Waals surface area (Å²) >= 11 is 1.02. The first-order valence-electron chi connectivity index (χ1n) is 7.17. The van der Waals surface area contributed by atoms with Gasteiger partial charge in [0.1, 0.15) is 11.1 Å². The zero-order valence-electron chi connectivity index (χ0n) is 12.5. The van der Waals surface area contributed by atoms with Gasteiger partial charge < -0.3 is 4.90 Å². The molecule has 3 heterocycles. The van der Waals surface area contributed by atoms with Gasteiger partial charge in [0.15, 0.2) is 17.2 Å². The summed E-state index contributed by atoms with van der Waals surface area (Å²) in [5, 5.41) is 10.6. The third-order valence-electron chi connectivity index (χ3n) is 3.66. The summed E-state index contributed by atoms with van der Waals surface area (Å²) in [7, 11) is 0. The lowest BCUT2D eigenvalue weighted by Crippen LogP contribution is -2.46. The molecule has 0 bridgehead atoms. The average molecular weight is 354 g/mol. The van der Waals surface area contributed by atoms with E-state index < -0.39 is 11.9 Å². The summed E-state index contributed by atoms with van der Waals surface area (Å²) in [4.78, 5) is 15.8. The molecule has 24 heavy (non-hydrogen) atoms. The van der Waals surface area contributed by atoms with Gasteiger partial charge in [0, 0.05) is 44.0 Å². The molecule has 0 N–H and O–H groups in total. The molecule has 0 spiro atoms. The number of piperazine rings is 1. The zero-order valence-corrected chi connectivity index (χ0v) is 13.3. The Bertz CT molecular complexity index is 745. The van der Waals surface area contributed by atoms with Gasteiger partial charge in [0.25, 0.3) is 0 Å². The van der Waals surface area contributed by atoms with E-state index in [2.05, 4.69) is 15.0 Å². The van der Waals surface area contributed by atoms with Crippen molar-refractivity contribution in [2.75, 3.05) is 31.1 Å². The van der Waals surface area contributed by atoms with Gasteiger partial charge in [0.2, 0.25) is 0 Å². The second-order valence-corrected chi connectivity index (χ2v) is 6.17. The zero-order chi connectivity index (χ0) is 17.2. The Morgan fingerprint density at radius 1 is 1.17 bits per heavy atom. The maximum absolute atomic E-state index is 12.6. The Labute approximate surface area is 140 Å². The van der Waals surface area contributed by atoms with Crippen LogP contribution in [0.3, 0.4) is 0 Å². The Kier molecular flexibility index (Phi) is 4.64. The number of halogens is 3. The van der Waals surface area contributed by atoms with Crippen molar-refractivity contribution in [3.63, 3.8) is 0 Å². The Hall–Kier alpha value is -2.25. The number of aromatic nitrogens is 3. The predicted octanol–water partition coefficient (Wildman–Crippen LogP) is 2.15. The number of nitrogens with zero attached hydrogens (tertiary/aromatic N) is 6. The summed E-state index contributed by atoms with van der Waals surface area (Å²) in [5.41, 5.74) is -0.556. The fourth-order valence-electron chi connectivity index (χ4n) is 2.46. The van der Waals surface area contributed by atoms with Crippen LogP contribution in [0.2, 0.25) is 0 Å². The van der Waals surface area contributed by atoms with Crippen molar-refractivity contribution in [1.29, 1.82) is 5.26 Å². The van der Waals surface area contributed by atoms with E-state index in [0.717, 1.165) is 16.7 Å². The highest BCUT2D eigenvalue weighted by molar-refractivity contribution is 7.09. The lowest BCUT2D eigenvalue weighted by molar-refractivity contribution is -0.140. The molecule has 1 saturated heterocycles. The minimum Gasteiger partial charge on any atom is -0.352 e. The third kappa shape index (κ3) is 3.63. The minimum atomic E-state index is -4.40. The van der Waals surface area contributed by atoms with Gasteiger partial charge in [0.05, 0.1) is 6.54 Å². The van der Waals surface area contributed by atoms with Gasteiger partial charge in [-0.2, -0.15) is 18.4 Å². The van der Waals surface area contributed by atoms with E-state index in [4.69, 9.17) is 5.26 Å². The molecular weight excluding hydrogens is 341 g/mol. The second-order valence-electron chi connectivity index (χ2n) is 5.23. The molecule has 0 aliphatic carbocycles. The Balaban J connectivity index is 1.60. The first-order chi connectivity index (χ1) is 11.5. The van der Waals surface area contributed by atoms with E-state index in [1.165, 1.54) is 12.4 Å². The standard InChI is InChI=1S/C14H13F3N6S/c15-14(16,17)11-9-24-12(21-11)8-22-3-5-23(6-4-22)13-10(7-18)19-1-2-20-13/h1-2,9H,3-6,8H2. The van der Waals surface area contributed by atoms with Gasteiger partial charge in [-0.15, -0.1) is 11.3 Å². The molecule has 0 atom stereocenters. The molecule has 2 aromatic rings. The van der Waals surface area contributed by atoms with Crippen molar-refractivity contribution in [3.8, 4) is 6.07 Å². The largest absolute Gasteiger partial charge is 0.434 e. The van der Waals surface area contributed by atoms with Crippen LogP contribution in [0.1, 0.15) is 16.4 Å². The number of alkyl halides is 3. The highest BCUT2D eigenvalue weighted by Gasteiger charge is 2.34. The van der Waals surface area contributed by atoms with Crippen LogP contribution < -0.4 is 4.90 Å². The molecule has 0 saturated carbocycles. The topological polar surface area (TPSA) is 68.9 Å². The molecule has 1 fully saturated rings. The minimum absolute atomic E-state index is 0.278. The summed E-state index contributed by atoms with van der Waals surface area (Å²) in [6.07, 6.45) is -1.39. The van der Waals surface area contributed by atoms with E-state index in [0.29, 0.717) is 43.5 Å². The van der Waals surface area contributed by atoms with Gasteiger partial charge in [-0.1, -0.05) is 0 Å². The molecule has 0 amide bonds. The normalized spacial score (nSPS) is 16.2. The monoisotopic (exact) mass is 354 g/mol. The number of anilines is 1. The maximum atomic E-state index is 12.6. The van der Waals surface area contributed by atoms with Crippen LogP contribution in [0.4, 0.5) is 19.0 Å². The average Bonchev–Trinajstić information content (AvgIpc) is 3.04. The van der Waals surface area contributed by atoms with Crippen molar-refractivity contribution in [3.05, 3.63) is 34.2 Å². The van der Waals surface area contributed by atoms with Gasteiger partial charge in [-0.05, 0) is 0 Å². The van der Waals surface area contributed by atoms with Crippen LogP contribution in [0.25, 0.3) is 0 Å². The molecule has 6 nitrogen and oxygen atoms in total. The predicted molar refractivity (Wildman–Crippen MR) is 81.4 cm³/mol. The Morgan fingerprint density at radius 2 is 1.88 bits per heavy atom. The molecule has 10 heteroatoms. The van der Waals surface area contributed by atoms with Crippen LogP contribution in [-0.2, 0) is 12.7 Å². The smallest absolute Gasteiger partial charge is 0.352 e. The lowest BCUT2D eigenvalue weighted by Gasteiger charge is -2.34. The van der Waals surface area contributed by atoms with E-state index >= 15 is 0 Å². The van der Waals surface area contributed by atoms with Crippen molar-refractivity contribution in [2.24, 2.45) is 0 Å². The van der Waals surface area contributed by atoms with E-state index in [9.17, 15) is 13.2 Å². The summed E-state index contributed by atoms with van der Waals surface area (Å²) < 4.78 is 37.7. The number of hydrogen-bond donors (Lipinski definition) is 0. The number of rotatable bonds is 3. The molecule has 0 aromatic carbocycles. The molecule has 126 valence electrons. The van der Waals surface area contributed by atoms with Crippen LogP contribution in [0.15, 0.2) is 17.8 Å². The van der Waals surface area contributed by atoms with Crippen LogP contribution in [0.5, 0.6) is 0 Å². The summed E-state index contributed by atoms with van der Waals surface area (Å²) in [6, 6.07) is 2.02. The third-order valence-corrected chi connectivity index (χ3v) is 4.49. The van der Waals surface area contributed by atoms with Crippen LogP contribution in [-0.4, -0.2) is 46.0 Å². The SMILES string of the molecule is N#Cc1nccnc1N1CCN(Cc2nc(C(F)(F)F)cs2)CC1. The van der Waals surface area contributed by atoms with E-state index in [-0.39, 0.29) is 5.69 Å². The molecule has 0 unspecified atom stereocenters. The number of thiazole rings is 1. The van der Waals surface area contributed by atoms with Crippen LogP contribution >= 0.6 is 11.3 Å². The maximum Gasteiger partial charge on any atom is 0.434 e. The fourth-order valence-corrected chi connectivity index (χ4v) is 3.31. The van der Waals surface area contributed by atoms with E-state index in [1.807, 2.05) is 15.9 Å². The molecule has 2 aromatic heterocycles. The van der Waals surface area contributed by atoms with Gasteiger partial charge in [-0.3, -0.25) is 4.90 Å². The molecular formula is C14H13F3N6S. The van der Waals surface area contributed by atoms with Gasteiger partial charge in [-0.25, -0.2) is 15.0 Å². The van der Waals surface area contributed by atoms with Crippen molar-refractivity contribution < 1.29 is 13.2 Å². The lowest BCUT2D eigenvalue weighted by atomic mass is 10.3. The Morgan fingerprint density at radius 3 is 2.50 bits per heavy atom.